The van der Waals surface area contributed by atoms with Gasteiger partial charge in [0.05, 0.1) is 0 Å². The molecule has 0 bridgehead atoms. The lowest BCUT2D eigenvalue weighted by Gasteiger charge is -2.14. The van der Waals surface area contributed by atoms with E-state index in [2.05, 4.69) is 10.1 Å². The van der Waals surface area contributed by atoms with Gasteiger partial charge in [-0.05, 0) is 5.56 Å². The number of carbonyl (C=O) groups is 2. The Morgan fingerprint density at radius 1 is 1.19 bits per heavy atom. The normalized spacial score (nSPS) is 24.5. The van der Waals surface area contributed by atoms with Crippen LogP contribution >= 0.6 is 0 Å². The van der Waals surface area contributed by atoms with Crippen LogP contribution in [-0.4, -0.2) is 62.0 Å². The highest BCUT2D eigenvalue weighted by atomic mass is 16.7. The molecule has 0 saturated carbocycles. The molecule has 0 spiro atoms. The third-order valence-corrected chi connectivity index (χ3v) is 3.89. The number of hydrogen-bond donors (Lipinski definition) is 3. The van der Waals surface area contributed by atoms with Crippen molar-refractivity contribution in [3.8, 4) is 0 Å². The van der Waals surface area contributed by atoms with Crippen LogP contribution in [0.15, 0.2) is 36.7 Å². The molecule has 3 rings (SSSR count). The zero-order chi connectivity index (χ0) is 19.4. The van der Waals surface area contributed by atoms with Crippen LogP contribution in [0.2, 0.25) is 0 Å². The SMILES string of the molecule is NC(=O)c1ncn([C@@H]2O[C@H](COC(=O)OCc3ccccc3)[C@@H](O)C2O)n1. The van der Waals surface area contributed by atoms with Crippen LogP contribution in [-0.2, 0) is 20.8 Å². The van der Waals surface area contributed by atoms with Gasteiger partial charge < -0.3 is 30.2 Å². The van der Waals surface area contributed by atoms with Crippen LogP contribution in [0.1, 0.15) is 22.4 Å². The number of nitrogens with zero attached hydrogens (tertiary/aromatic N) is 3. The van der Waals surface area contributed by atoms with Crippen LogP contribution in [0.25, 0.3) is 0 Å². The Balaban J connectivity index is 1.51. The van der Waals surface area contributed by atoms with E-state index in [1.165, 1.54) is 0 Å². The van der Waals surface area contributed by atoms with Gasteiger partial charge in [-0.25, -0.2) is 14.5 Å². The van der Waals surface area contributed by atoms with Crippen LogP contribution in [0.3, 0.4) is 0 Å². The molecule has 4 atom stereocenters. The Labute approximate surface area is 153 Å². The Morgan fingerprint density at radius 2 is 1.93 bits per heavy atom. The molecule has 4 N–H and O–H groups in total. The topological polar surface area (TPSA) is 159 Å². The molecule has 11 nitrogen and oxygen atoms in total. The van der Waals surface area contributed by atoms with E-state index in [4.69, 9.17) is 19.9 Å². The number of aliphatic hydroxyl groups excluding tert-OH is 2. The number of hydrogen-bond acceptors (Lipinski definition) is 9. The highest BCUT2D eigenvalue weighted by molar-refractivity contribution is 5.88. The van der Waals surface area contributed by atoms with E-state index in [9.17, 15) is 19.8 Å². The Hall–Kier alpha value is -3.02. The number of rotatable bonds is 6. The van der Waals surface area contributed by atoms with Gasteiger partial charge in [-0.15, -0.1) is 5.10 Å². The molecule has 1 amide bonds. The van der Waals surface area contributed by atoms with Crippen molar-refractivity contribution < 1.29 is 34.0 Å². The summed E-state index contributed by atoms with van der Waals surface area (Å²) in [5.41, 5.74) is 5.86. The van der Waals surface area contributed by atoms with E-state index in [0.29, 0.717) is 0 Å². The van der Waals surface area contributed by atoms with Crippen molar-refractivity contribution in [2.45, 2.75) is 31.1 Å². The molecule has 2 heterocycles. The van der Waals surface area contributed by atoms with Gasteiger partial charge >= 0.3 is 6.16 Å². The van der Waals surface area contributed by atoms with E-state index in [1.54, 1.807) is 12.1 Å². The molecule has 0 radical (unpaired) electrons. The lowest BCUT2D eigenvalue weighted by Crippen LogP contribution is -2.34. The number of nitrogens with two attached hydrogens (primary N) is 1. The summed E-state index contributed by atoms with van der Waals surface area (Å²) in [6.07, 6.45) is -4.66. The lowest BCUT2D eigenvalue weighted by atomic mass is 10.1. The van der Waals surface area contributed by atoms with Crippen LogP contribution in [0.5, 0.6) is 0 Å². The fourth-order valence-electron chi connectivity index (χ4n) is 2.50. The number of primary amides is 1. The summed E-state index contributed by atoms with van der Waals surface area (Å²) < 4.78 is 16.4. The molecule has 2 aromatic rings. The second-order valence-corrected chi connectivity index (χ2v) is 5.79. The molecule has 1 unspecified atom stereocenters. The Morgan fingerprint density at radius 3 is 2.59 bits per heavy atom. The molecule has 1 aromatic carbocycles. The first-order chi connectivity index (χ1) is 13.0. The van der Waals surface area contributed by atoms with E-state index < -0.39 is 36.6 Å². The first-order valence-corrected chi connectivity index (χ1v) is 8.01. The minimum absolute atomic E-state index is 0.0356. The predicted octanol–water partition coefficient (Wildman–Crippen LogP) is -0.650. The number of aromatic nitrogens is 3. The zero-order valence-corrected chi connectivity index (χ0v) is 14.0. The first kappa shape index (κ1) is 18.8. The third-order valence-electron chi connectivity index (χ3n) is 3.89. The number of ether oxygens (including phenoxy) is 3. The van der Waals surface area contributed by atoms with Crippen LogP contribution in [0.4, 0.5) is 4.79 Å². The monoisotopic (exact) mass is 378 g/mol. The molecular weight excluding hydrogens is 360 g/mol. The fraction of sp³-hybridized carbons (Fsp3) is 0.375. The molecule has 1 aromatic heterocycles. The largest absolute Gasteiger partial charge is 0.508 e. The summed E-state index contributed by atoms with van der Waals surface area (Å²) in [6.45, 7) is -0.312. The molecule has 1 fully saturated rings. The quantitative estimate of drug-likeness (QED) is 0.555. The minimum Gasteiger partial charge on any atom is -0.431 e. The summed E-state index contributed by atoms with van der Waals surface area (Å²) in [5.74, 6) is -1.10. The molecule has 1 saturated heterocycles. The maximum absolute atomic E-state index is 11.7. The van der Waals surface area contributed by atoms with E-state index >= 15 is 0 Å². The van der Waals surface area contributed by atoms with E-state index in [-0.39, 0.29) is 19.0 Å². The molecular formula is C16H18N4O7. The number of benzene rings is 1. The summed E-state index contributed by atoms with van der Waals surface area (Å²) in [4.78, 5) is 26.4. The van der Waals surface area contributed by atoms with Crippen molar-refractivity contribution in [1.82, 2.24) is 14.8 Å². The van der Waals surface area contributed by atoms with Crippen LogP contribution in [0, 0.1) is 0 Å². The number of amides is 1. The fourth-order valence-corrected chi connectivity index (χ4v) is 2.50. The second kappa shape index (κ2) is 8.12. The predicted molar refractivity (Wildman–Crippen MR) is 87.0 cm³/mol. The maximum Gasteiger partial charge on any atom is 0.508 e. The van der Waals surface area contributed by atoms with E-state index in [1.807, 2.05) is 18.2 Å². The minimum atomic E-state index is -1.37. The Bertz CT molecular complexity index is 797. The average Bonchev–Trinajstić information content (AvgIpc) is 3.26. The van der Waals surface area contributed by atoms with Crippen LogP contribution < -0.4 is 5.73 Å². The lowest BCUT2D eigenvalue weighted by molar-refractivity contribution is -0.0678. The highest BCUT2D eigenvalue weighted by Gasteiger charge is 2.45. The average molecular weight is 378 g/mol. The smallest absolute Gasteiger partial charge is 0.431 e. The summed E-state index contributed by atoms with van der Waals surface area (Å²) in [7, 11) is 0. The highest BCUT2D eigenvalue weighted by Crippen LogP contribution is 2.29. The molecule has 1 aliphatic heterocycles. The molecule has 11 heteroatoms. The summed E-state index contributed by atoms with van der Waals surface area (Å²) in [6, 6.07) is 9.03. The Kier molecular flexibility index (Phi) is 5.64. The van der Waals surface area contributed by atoms with Gasteiger partial charge in [0.15, 0.2) is 6.23 Å². The van der Waals surface area contributed by atoms with Crippen molar-refractivity contribution in [3.05, 3.63) is 48.0 Å². The number of aliphatic hydroxyl groups is 2. The molecule has 1 aliphatic rings. The van der Waals surface area contributed by atoms with Gasteiger partial charge in [0, 0.05) is 0 Å². The van der Waals surface area contributed by atoms with Gasteiger partial charge in [-0.2, -0.15) is 0 Å². The zero-order valence-electron chi connectivity index (χ0n) is 14.0. The second-order valence-electron chi connectivity index (χ2n) is 5.79. The van der Waals surface area contributed by atoms with Gasteiger partial charge in [0.2, 0.25) is 5.82 Å². The van der Waals surface area contributed by atoms with Crippen molar-refractivity contribution in [2.75, 3.05) is 6.61 Å². The van der Waals surface area contributed by atoms with Crippen molar-refractivity contribution in [3.63, 3.8) is 0 Å². The first-order valence-electron chi connectivity index (χ1n) is 8.01. The molecule has 27 heavy (non-hydrogen) atoms. The maximum atomic E-state index is 11.7. The van der Waals surface area contributed by atoms with Gasteiger partial charge in [-0.1, -0.05) is 30.3 Å². The summed E-state index contributed by atoms with van der Waals surface area (Å²) >= 11 is 0. The molecule has 0 aliphatic carbocycles. The van der Waals surface area contributed by atoms with Gasteiger partial charge in [0.1, 0.15) is 37.9 Å². The third kappa shape index (κ3) is 4.39. The van der Waals surface area contributed by atoms with Crippen molar-refractivity contribution in [2.24, 2.45) is 5.73 Å². The standard InChI is InChI=1S/C16H18N4O7/c17-13(23)14-18-8-20(19-14)15-12(22)11(21)10(27-15)7-26-16(24)25-6-9-4-2-1-3-5-9/h1-5,8,10-12,15,21-22H,6-7H2,(H2,17,23)/t10-,11-,12?,15-/m1/s1. The summed E-state index contributed by atoms with van der Waals surface area (Å²) in [5, 5.41) is 23.9. The van der Waals surface area contributed by atoms with Gasteiger partial charge in [0.25, 0.3) is 5.91 Å². The number of carbonyl (C=O) groups excluding carboxylic acids is 2. The molecule has 144 valence electrons. The van der Waals surface area contributed by atoms with E-state index in [0.717, 1.165) is 16.6 Å². The van der Waals surface area contributed by atoms with Crippen molar-refractivity contribution in [1.29, 1.82) is 0 Å². The van der Waals surface area contributed by atoms with Gasteiger partial charge in [-0.3, -0.25) is 4.79 Å². The van der Waals surface area contributed by atoms with Crippen molar-refractivity contribution >= 4 is 12.1 Å².